The summed E-state index contributed by atoms with van der Waals surface area (Å²) in [7, 11) is 1.78. The second-order valence-electron chi connectivity index (χ2n) is 5.28. The van der Waals surface area contributed by atoms with E-state index in [0.717, 1.165) is 43.5 Å². The van der Waals surface area contributed by atoms with E-state index in [1.54, 1.807) is 7.05 Å². The topological polar surface area (TPSA) is 59.8 Å². The Morgan fingerprint density at radius 2 is 1.91 bits per heavy atom. The van der Waals surface area contributed by atoms with Crippen molar-refractivity contribution in [3.8, 4) is 11.5 Å². The number of benzene rings is 1. The van der Waals surface area contributed by atoms with Crippen molar-refractivity contribution in [1.82, 2.24) is 15.2 Å². The molecule has 1 aromatic carbocycles. The molecule has 0 atom stereocenters. The number of nitrogens with zero attached hydrogens (tertiary/aromatic N) is 2. The molecule has 0 unspecified atom stereocenters. The third-order valence-corrected chi connectivity index (χ3v) is 3.70. The molecule has 6 nitrogen and oxygen atoms in total. The number of fused-ring (bicyclic) bond motifs is 1. The molecule has 0 saturated heterocycles. The van der Waals surface area contributed by atoms with Crippen LogP contribution in [0.4, 0.5) is 0 Å². The molecule has 2 N–H and O–H groups in total. The van der Waals surface area contributed by atoms with Crippen molar-refractivity contribution in [2.24, 2.45) is 4.99 Å². The lowest BCUT2D eigenvalue weighted by Gasteiger charge is -2.12. The summed E-state index contributed by atoms with van der Waals surface area (Å²) in [4.78, 5) is 4.24. The summed E-state index contributed by atoms with van der Waals surface area (Å²) < 4.78 is 12.8. The molecular weight excluding hydrogens is 292 g/mol. The maximum absolute atomic E-state index is 5.40. The van der Waals surface area contributed by atoms with Gasteiger partial charge in [0, 0.05) is 39.1 Å². The molecule has 0 bridgehead atoms. The molecule has 0 amide bonds. The number of guanidine groups is 1. The quantitative estimate of drug-likeness (QED) is 0.628. The largest absolute Gasteiger partial charge is 0.454 e. The van der Waals surface area contributed by atoms with Crippen LogP contribution in [0.15, 0.2) is 47.7 Å². The number of aromatic nitrogens is 1. The van der Waals surface area contributed by atoms with Gasteiger partial charge in [-0.3, -0.25) is 4.99 Å². The van der Waals surface area contributed by atoms with Crippen LogP contribution in [0.2, 0.25) is 0 Å². The van der Waals surface area contributed by atoms with E-state index in [1.165, 1.54) is 5.56 Å². The van der Waals surface area contributed by atoms with Crippen LogP contribution in [0.3, 0.4) is 0 Å². The first-order valence-corrected chi connectivity index (χ1v) is 7.79. The molecule has 0 spiro atoms. The molecule has 122 valence electrons. The predicted octanol–water partition coefficient (Wildman–Crippen LogP) is 1.62. The minimum atomic E-state index is 0.314. The molecule has 6 heteroatoms. The van der Waals surface area contributed by atoms with E-state index in [1.807, 2.05) is 24.3 Å². The van der Waals surface area contributed by atoms with Crippen molar-refractivity contribution in [3.63, 3.8) is 0 Å². The zero-order chi connectivity index (χ0) is 15.9. The van der Waals surface area contributed by atoms with Crippen LogP contribution < -0.4 is 20.1 Å². The van der Waals surface area contributed by atoms with Gasteiger partial charge in [0.15, 0.2) is 17.5 Å². The molecule has 0 radical (unpaired) electrons. The molecule has 2 aromatic rings. The Balaban J connectivity index is 1.40. The average molecular weight is 314 g/mol. The van der Waals surface area contributed by atoms with Gasteiger partial charge >= 0.3 is 0 Å². The Hall–Kier alpha value is -2.63. The van der Waals surface area contributed by atoms with Gasteiger partial charge in [-0.25, -0.2) is 0 Å². The van der Waals surface area contributed by atoms with Crippen LogP contribution in [0.1, 0.15) is 5.56 Å². The summed E-state index contributed by atoms with van der Waals surface area (Å²) in [6.07, 6.45) is 5.00. The molecule has 23 heavy (non-hydrogen) atoms. The van der Waals surface area contributed by atoms with E-state index in [4.69, 9.17) is 9.47 Å². The van der Waals surface area contributed by atoms with Gasteiger partial charge in [-0.15, -0.1) is 0 Å². The van der Waals surface area contributed by atoms with Crippen molar-refractivity contribution < 1.29 is 9.47 Å². The summed E-state index contributed by atoms with van der Waals surface area (Å²) in [5, 5.41) is 6.63. The summed E-state index contributed by atoms with van der Waals surface area (Å²) in [6, 6.07) is 10.1. The Labute approximate surface area is 136 Å². The van der Waals surface area contributed by atoms with Gasteiger partial charge in [-0.05, 0) is 36.2 Å². The highest BCUT2D eigenvalue weighted by molar-refractivity contribution is 5.79. The van der Waals surface area contributed by atoms with Gasteiger partial charge in [-0.2, -0.15) is 0 Å². The summed E-state index contributed by atoms with van der Waals surface area (Å²) in [5.41, 5.74) is 1.21. The first-order chi connectivity index (χ1) is 11.3. The minimum Gasteiger partial charge on any atom is -0.454 e. The summed E-state index contributed by atoms with van der Waals surface area (Å²) >= 11 is 0. The molecular formula is C17H22N4O2. The smallest absolute Gasteiger partial charge is 0.231 e. The lowest BCUT2D eigenvalue weighted by atomic mass is 10.1. The average Bonchev–Trinajstić information content (AvgIpc) is 3.24. The van der Waals surface area contributed by atoms with E-state index >= 15 is 0 Å². The van der Waals surface area contributed by atoms with Gasteiger partial charge in [-0.1, -0.05) is 6.07 Å². The predicted molar refractivity (Wildman–Crippen MR) is 90.1 cm³/mol. The molecule has 1 aliphatic heterocycles. The normalized spacial score (nSPS) is 13.2. The third kappa shape index (κ3) is 4.18. The van der Waals surface area contributed by atoms with Crippen LogP contribution in [0.5, 0.6) is 11.5 Å². The number of hydrogen-bond acceptors (Lipinski definition) is 3. The lowest BCUT2D eigenvalue weighted by Crippen LogP contribution is -2.39. The minimum absolute atomic E-state index is 0.314. The Kier molecular flexibility index (Phi) is 5.03. The second kappa shape index (κ2) is 7.58. The van der Waals surface area contributed by atoms with Crippen LogP contribution >= 0.6 is 0 Å². The number of rotatable bonds is 6. The van der Waals surface area contributed by atoms with Gasteiger partial charge in [0.25, 0.3) is 0 Å². The van der Waals surface area contributed by atoms with Crippen molar-refractivity contribution >= 4 is 5.96 Å². The fourth-order valence-corrected chi connectivity index (χ4v) is 2.46. The van der Waals surface area contributed by atoms with Gasteiger partial charge < -0.3 is 24.7 Å². The fraction of sp³-hybridized carbons (Fsp3) is 0.353. The van der Waals surface area contributed by atoms with E-state index in [-0.39, 0.29) is 0 Å². The monoisotopic (exact) mass is 314 g/mol. The second-order valence-corrected chi connectivity index (χ2v) is 5.28. The molecule has 0 saturated carbocycles. The van der Waals surface area contributed by atoms with Crippen molar-refractivity contribution in [3.05, 3.63) is 48.3 Å². The Morgan fingerprint density at radius 3 is 2.74 bits per heavy atom. The summed E-state index contributed by atoms with van der Waals surface area (Å²) in [6.45, 7) is 2.87. The number of nitrogens with one attached hydrogen (secondary N) is 2. The van der Waals surface area contributed by atoms with Gasteiger partial charge in [0.1, 0.15) is 0 Å². The highest BCUT2D eigenvalue weighted by Crippen LogP contribution is 2.32. The van der Waals surface area contributed by atoms with Crippen LogP contribution in [-0.4, -0.2) is 37.5 Å². The third-order valence-electron chi connectivity index (χ3n) is 3.70. The molecule has 3 rings (SSSR count). The van der Waals surface area contributed by atoms with Gasteiger partial charge in [0.2, 0.25) is 6.79 Å². The zero-order valence-electron chi connectivity index (χ0n) is 13.3. The SMILES string of the molecule is CN=C(NCCc1ccc2c(c1)OCO2)NCCn1cccc1. The number of aliphatic imine (C=N–C) groups is 1. The maximum atomic E-state index is 5.40. The highest BCUT2D eigenvalue weighted by atomic mass is 16.7. The summed E-state index contributed by atoms with van der Waals surface area (Å²) in [5.74, 6) is 2.47. The molecule has 1 aromatic heterocycles. The maximum Gasteiger partial charge on any atom is 0.231 e. The number of ether oxygens (including phenoxy) is 2. The Morgan fingerprint density at radius 1 is 1.13 bits per heavy atom. The van der Waals surface area contributed by atoms with Crippen molar-refractivity contribution in [2.75, 3.05) is 26.9 Å². The van der Waals surface area contributed by atoms with Crippen molar-refractivity contribution in [2.45, 2.75) is 13.0 Å². The molecule has 2 heterocycles. The van der Waals surface area contributed by atoms with E-state index in [0.29, 0.717) is 6.79 Å². The first-order valence-electron chi connectivity index (χ1n) is 7.79. The standard InChI is InChI=1S/C17H22N4O2/c1-18-17(20-8-11-21-9-2-3-10-21)19-7-6-14-4-5-15-16(12-14)23-13-22-15/h2-5,9-10,12H,6-8,11,13H2,1H3,(H2,18,19,20). The van der Waals surface area contributed by atoms with Gasteiger partial charge in [0.05, 0.1) is 0 Å². The zero-order valence-corrected chi connectivity index (χ0v) is 13.3. The van der Waals surface area contributed by atoms with E-state index < -0.39 is 0 Å². The van der Waals surface area contributed by atoms with Crippen molar-refractivity contribution in [1.29, 1.82) is 0 Å². The van der Waals surface area contributed by atoms with E-state index in [2.05, 4.69) is 38.7 Å². The molecule has 0 fully saturated rings. The van der Waals surface area contributed by atoms with E-state index in [9.17, 15) is 0 Å². The molecule has 1 aliphatic rings. The lowest BCUT2D eigenvalue weighted by molar-refractivity contribution is 0.174. The Bertz CT molecular complexity index is 653. The number of hydrogen-bond donors (Lipinski definition) is 2. The molecule has 0 aliphatic carbocycles. The first kappa shape index (κ1) is 15.3. The highest BCUT2D eigenvalue weighted by Gasteiger charge is 2.12. The van der Waals surface area contributed by atoms with Crippen LogP contribution in [0, 0.1) is 0 Å². The fourth-order valence-electron chi connectivity index (χ4n) is 2.46. The van der Waals surface area contributed by atoms with Crippen LogP contribution in [-0.2, 0) is 13.0 Å². The van der Waals surface area contributed by atoms with Crippen LogP contribution in [0.25, 0.3) is 0 Å².